The number of aromatic amines is 1. The first-order chi connectivity index (χ1) is 16.9. The van der Waals surface area contributed by atoms with E-state index in [2.05, 4.69) is 15.6 Å². The molecule has 35 heavy (non-hydrogen) atoms. The summed E-state index contributed by atoms with van der Waals surface area (Å²) in [5.74, 6) is -2.37. The van der Waals surface area contributed by atoms with Gasteiger partial charge in [-0.25, -0.2) is 4.79 Å². The van der Waals surface area contributed by atoms with Gasteiger partial charge in [-0.15, -0.1) is 0 Å². The van der Waals surface area contributed by atoms with Crippen LogP contribution in [0.4, 0.5) is 0 Å². The van der Waals surface area contributed by atoms with Crippen molar-refractivity contribution in [2.45, 2.75) is 24.5 Å². The van der Waals surface area contributed by atoms with Crippen molar-refractivity contribution < 1.29 is 19.5 Å². The van der Waals surface area contributed by atoms with Crippen LogP contribution in [-0.4, -0.2) is 33.9 Å². The van der Waals surface area contributed by atoms with Crippen molar-refractivity contribution >= 4 is 28.7 Å². The number of hydrogen-bond acceptors (Lipinski definition) is 4. The first-order valence-electron chi connectivity index (χ1n) is 11.2. The highest BCUT2D eigenvalue weighted by Gasteiger charge is 2.30. The third kappa shape index (κ3) is 5.56. The predicted octanol–water partition coefficient (Wildman–Crippen LogP) is 2.84. The van der Waals surface area contributed by atoms with Crippen LogP contribution in [0.25, 0.3) is 10.9 Å². The second kappa shape index (κ2) is 10.7. The van der Waals surface area contributed by atoms with E-state index < -0.39 is 35.9 Å². The van der Waals surface area contributed by atoms with Crippen LogP contribution in [-0.2, 0) is 20.8 Å². The van der Waals surface area contributed by atoms with Gasteiger partial charge in [0, 0.05) is 23.5 Å². The highest BCUT2D eigenvalue weighted by molar-refractivity contribution is 5.93. The molecule has 178 valence electrons. The van der Waals surface area contributed by atoms with Crippen molar-refractivity contribution in [3.05, 3.63) is 108 Å². The monoisotopic (exact) mass is 470 g/mol. The van der Waals surface area contributed by atoms with E-state index in [1.165, 1.54) is 0 Å². The van der Waals surface area contributed by atoms with E-state index in [9.17, 15) is 19.5 Å². The lowest BCUT2D eigenvalue weighted by Crippen LogP contribution is -2.51. The Balaban J connectivity index is 1.60. The number of amides is 2. The minimum absolute atomic E-state index is 0.143. The summed E-state index contributed by atoms with van der Waals surface area (Å²) in [5.41, 5.74) is 8.87. The van der Waals surface area contributed by atoms with Gasteiger partial charge in [-0.05, 0) is 22.8 Å². The van der Waals surface area contributed by atoms with Crippen LogP contribution in [0.3, 0.4) is 0 Å². The number of nitrogens with two attached hydrogens (primary N) is 1. The number of carbonyl (C=O) groups is 3. The quantitative estimate of drug-likeness (QED) is 0.256. The van der Waals surface area contributed by atoms with Crippen molar-refractivity contribution in [2.24, 2.45) is 5.73 Å². The zero-order chi connectivity index (χ0) is 24.8. The molecule has 4 rings (SSSR count). The van der Waals surface area contributed by atoms with Gasteiger partial charge in [-0.1, -0.05) is 78.9 Å². The van der Waals surface area contributed by atoms with Crippen LogP contribution in [0.2, 0.25) is 0 Å². The Morgan fingerprint density at radius 3 is 2.06 bits per heavy atom. The lowest BCUT2D eigenvalue weighted by Gasteiger charge is -2.23. The van der Waals surface area contributed by atoms with Gasteiger partial charge in [-0.3, -0.25) is 9.59 Å². The molecule has 8 nitrogen and oxygen atoms in total. The van der Waals surface area contributed by atoms with E-state index in [0.29, 0.717) is 11.1 Å². The normalized spacial score (nSPS) is 13.5. The predicted molar refractivity (Wildman–Crippen MR) is 132 cm³/mol. The number of hydrogen-bond donors (Lipinski definition) is 5. The van der Waals surface area contributed by atoms with Crippen LogP contribution < -0.4 is 16.4 Å². The number of carboxylic acid groups (broad SMARTS) is 1. The number of fused-ring (bicyclic) bond motifs is 1. The molecular weight excluding hydrogens is 444 g/mol. The zero-order valence-electron chi connectivity index (χ0n) is 18.8. The average Bonchev–Trinajstić information content (AvgIpc) is 3.29. The van der Waals surface area contributed by atoms with Gasteiger partial charge in [0.1, 0.15) is 12.1 Å². The molecule has 3 aromatic carbocycles. The van der Waals surface area contributed by atoms with E-state index in [1.807, 2.05) is 30.3 Å². The fourth-order valence-corrected chi connectivity index (χ4v) is 3.98. The van der Waals surface area contributed by atoms with Crippen LogP contribution >= 0.6 is 0 Å². The number of para-hydroxylation sites is 1. The largest absolute Gasteiger partial charge is 0.479 e. The maximum absolute atomic E-state index is 13.3. The number of carboxylic acids is 1. The minimum Gasteiger partial charge on any atom is -0.479 e. The highest BCUT2D eigenvalue weighted by atomic mass is 16.4. The van der Waals surface area contributed by atoms with Crippen molar-refractivity contribution in [1.82, 2.24) is 15.6 Å². The molecule has 0 spiro atoms. The molecule has 2 amide bonds. The zero-order valence-corrected chi connectivity index (χ0v) is 18.8. The van der Waals surface area contributed by atoms with E-state index in [4.69, 9.17) is 5.73 Å². The van der Waals surface area contributed by atoms with Crippen molar-refractivity contribution in [3.63, 3.8) is 0 Å². The number of aromatic nitrogens is 1. The maximum atomic E-state index is 13.3. The second-order valence-corrected chi connectivity index (χ2v) is 8.20. The Bertz CT molecular complexity index is 1320. The molecule has 1 heterocycles. The summed E-state index contributed by atoms with van der Waals surface area (Å²) in [7, 11) is 0. The van der Waals surface area contributed by atoms with E-state index in [1.54, 1.807) is 60.8 Å². The summed E-state index contributed by atoms with van der Waals surface area (Å²) in [6, 6.07) is 21.5. The summed E-state index contributed by atoms with van der Waals surface area (Å²) in [5, 5.41) is 16.0. The summed E-state index contributed by atoms with van der Waals surface area (Å²) in [4.78, 5) is 41.4. The van der Waals surface area contributed by atoms with Crippen molar-refractivity contribution in [2.75, 3.05) is 0 Å². The Labute approximate surface area is 202 Å². The summed E-state index contributed by atoms with van der Waals surface area (Å²) in [6.45, 7) is 0. The SMILES string of the molecule is NC(C(=O)N[C@@H](Cc1c[nH]c2ccccc12)C(=O)NC(C(=O)O)c1ccccc1)c1ccccc1. The third-order valence-electron chi connectivity index (χ3n) is 5.84. The average molecular weight is 471 g/mol. The number of rotatable bonds is 9. The van der Waals surface area contributed by atoms with Gasteiger partial charge in [0.25, 0.3) is 0 Å². The highest BCUT2D eigenvalue weighted by Crippen LogP contribution is 2.20. The standard InChI is InChI=1S/C27H26N4O4/c28-23(17-9-3-1-4-10-17)26(33)30-22(15-19-16-29-21-14-8-7-13-20(19)21)25(32)31-24(27(34)35)18-11-5-2-6-12-18/h1-14,16,22-24,29H,15,28H2,(H,30,33)(H,31,32)(H,34,35)/t22-,23?,24?/m0/s1. The molecule has 2 unspecified atom stereocenters. The molecule has 0 aliphatic rings. The van der Waals surface area contributed by atoms with Crippen LogP contribution in [0, 0.1) is 0 Å². The molecule has 1 aromatic heterocycles. The topological polar surface area (TPSA) is 137 Å². The molecule has 8 heteroatoms. The van der Waals surface area contributed by atoms with Crippen molar-refractivity contribution in [1.29, 1.82) is 0 Å². The Kier molecular flexibility index (Phi) is 7.23. The smallest absolute Gasteiger partial charge is 0.330 e. The van der Waals surface area contributed by atoms with Crippen LogP contribution in [0.5, 0.6) is 0 Å². The van der Waals surface area contributed by atoms with E-state index in [-0.39, 0.29) is 6.42 Å². The van der Waals surface area contributed by atoms with Gasteiger partial charge in [0.05, 0.1) is 0 Å². The molecule has 0 aliphatic carbocycles. The maximum Gasteiger partial charge on any atom is 0.330 e. The van der Waals surface area contributed by atoms with E-state index in [0.717, 1.165) is 16.5 Å². The Morgan fingerprint density at radius 1 is 0.800 bits per heavy atom. The van der Waals surface area contributed by atoms with Gasteiger partial charge < -0.3 is 26.5 Å². The molecule has 6 N–H and O–H groups in total. The Morgan fingerprint density at radius 2 is 1.40 bits per heavy atom. The molecule has 0 saturated carbocycles. The lowest BCUT2D eigenvalue weighted by molar-refractivity contribution is -0.142. The number of H-pyrrole nitrogens is 1. The van der Waals surface area contributed by atoms with Gasteiger partial charge in [-0.2, -0.15) is 0 Å². The summed E-state index contributed by atoms with van der Waals surface area (Å²) < 4.78 is 0. The lowest BCUT2D eigenvalue weighted by atomic mass is 10.0. The molecule has 0 aliphatic heterocycles. The fourth-order valence-electron chi connectivity index (χ4n) is 3.98. The summed E-state index contributed by atoms with van der Waals surface area (Å²) >= 11 is 0. The fraction of sp³-hybridized carbons (Fsp3) is 0.148. The number of benzene rings is 3. The van der Waals surface area contributed by atoms with E-state index >= 15 is 0 Å². The number of carbonyl (C=O) groups excluding carboxylic acids is 2. The molecule has 0 radical (unpaired) electrons. The molecule has 3 atom stereocenters. The molecule has 0 fully saturated rings. The van der Waals surface area contributed by atoms with Gasteiger partial charge in [0.15, 0.2) is 6.04 Å². The minimum atomic E-state index is -1.27. The van der Waals surface area contributed by atoms with Gasteiger partial charge >= 0.3 is 5.97 Å². The molecular formula is C27H26N4O4. The first kappa shape index (κ1) is 23.7. The molecule has 4 aromatic rings. The van der Waals surface area contributed by atoms with Crippen LogP contribution in [0.15, 0.2) is 91.1 Å². The first-order valence-corrected chi connectivity index (χ1v) is 11.2. The molecule has 0 bridgehead atoms. The van der Waals surface area contributed by atoms with Crippen molar-refractivity contribution in [3.8, 4) is 0 Å². The number of aliphatic carboxylic acids is 1. The third-order valence-corrected chi connectivity index (χ3v) is 5.84. The Hall–Kier alpha value is -4.43. The van der Waals surface area contributed by atoms with Crippen LogP contribution in [0.1, 0.15) is 28.8 Å². The van der Waals surface area contributed by atoms with Gasteiger partial charge in [0.2, 0.25) is 11.8 Å². The second-order valence-electron chi connectivity index (χ2n) is 8.20. The number of nitrogens with one attached hydrogen (secondary N) is 3. The molecule has 0 saturated heterocycles. The summed E-state index contributed by atoms with van der Waals surface area (Å²) in [6.07, 6.45) is 1.92.